The molecule has 2 nitrogen and oxygen atoms in total. The molecule has 6 heteroatoms. The number of carbonyl (C=O) groups is 1. The molecule has 0 spiro atoms. The SMILES string of the molecule is CCCCCC(=O)[NH][Zr+2]([CH]1C=Cc2ccccc21)[SiH](C)C.[Cl-].[Cl-]. The molecule has 23 heavy (non-hydrogen) atoms. The maximum Gasteiger partial charge on any atom is -1.00 e. The Balaban J connectivity index is 0.00000242. The molecule has 0 fully saturated rings. The van der Waals surface area contributed by atoms with Gasteiger partial charge >= 0.3 is 138 Å². The molecule has 1 atom stereocenters. The van der Waals surface area contributed by atoms with E-state index in [1.54, 1.807) is 0 Å². The van der Waals surface area contributed by atoms with E-state index < -0.39 is 27.1 Å². The fourth-order valence-electron chi connectivity index (χ4n) is 2.86. The molecule has 1 aliphatic rings. The molecule has 2 rings (SSSR count). The van der Waals surface area contributed by atoms with E-state index in [9.17, 15) is 4.79 Å². The van der Waals surface area contributed by atoms with Gasteiger partial charge in [0.2, 0.25) is 0 Å². The second-order valence-corrected chi connectivity index (χ2v) is 25.0. The van der Waals surface area contributed by atoms with Crippen molar-refractivity contribution < 1.29 is 50.8 Å². The smallest absolute Gasteiger partial charge is 1.00 e. The Morgan fingerprint density at radius 1 is 1.22 bits per heavy atom. The minimum atomic E-state index is -1.91. The molecular formula is C17H26Cl2NOSiZr. The Morgan fingerprint density at radius 3 is 2.57 bits per heavy atom. The minimum absolute atomic E-state index is 0. The second-order valence-electron chi connectivity index (χ2n) is 6.08. The van der Waals surface area contributed by atoms with Crippen LogP contribution in [0.2, 0.25) is 13.1 Å². The van der Waals surface area contributed by atoms with Gasteiger partial charge in [0.15, 0.2) is 0 Å². The van der Waals surface area contributed by atoms with Gasteiger partial charge in [-0.25, -0.2) is 0 Å². The summed E-state index contributed by atoms with van der Waals surface area (Å²) in [6.45, 7) is 7.01. The number of amides is 1. The van der Waals surface area contributed by atoms with E-state index in [1.165, 1.54) is 17.5 Å². The molecule has 1 aromatic carbocycles. The maximum atomic E-state index is 12.2. The van der Waals surface area contributed by atoms with Crippen LogP contribution in [0.25, 0.3) is 6.08 Å². The summed E-state index contributed by atoms with van der Waals surface area (Å²) >= 11 is -1.91. The maximum absolute atomic E-state index is 12.2. The van der Waals surface area contributed by atoms with Crippen molar-refractivity contribution in [2.45, 2.75) is 49.3 Å². The van der Waals surface area contributed by atoms with Crippen LogP contribution in [0.5, 0.6) is 0 Å². The normalized spacial score (nSPS) is 14.7. The first-order chi connectivity index (χ1) is 10.1. The van der Waals surface area contributed by atoms with Crippen molar-refractivity contribution in [1.82, 2.24) is 3.26 Å². The summed E-state index contributed by atoms with van der Waals surface area (Å²) in [5.74, 6) is -0.465. The van der Waals surface area contributed by atoms with Gasteiger partial charge in [0.1, 0.15) is 0 Å². The number of hydrogen-bond donors (Lipinski definition) is 1. The number of nitrogens with one attached hydrogen (secondary N) is 1. The fourth-order valence-corrected chi connectivity index (χ4v) is 17.7. The number of hydrogen-bond acceptors (Lipinski definition) is 1. The number of benzene rings is 1. The zero-order valence-electron chi connectivity index (χ0n) is 14.1. The van der Waals surface area contributed by atoms with E-state index in [4.69, 9.17) is 0 Å². The van der Waals surface area contributed by atoms with Crippen molar-refractivity contribution in [1.29, 1.82) is 0 Å². The average Bonchev–Trinajstić information content (AvgIpc) is 2.88. The Labute approximate surface area is 162 Å². The number of unbranched alkanes of at least 4 members (excludes halogenated alkanes) is 2. The van der Waals surface area contributed by atoms with Gasteiger partial charge in [-0.2, -0.15) is 0 Å². The number of fused-ring (bicyclic) bond motifs is 1. The van der Waals surface area contributed by atoms with Crippen LogP contribution < -0.4 is 28.1 Å². The Morgan fingerprint density at radius 2 is 1.91 bits per heavy atom. The topological polar surface area (TPSA) is 29.1 Å². The molecule has 0 aliphatic heterocycles. The molecule has 0 saturated heterocycles. The van der Waals surface area contributed by atoms with Gasteiger partial charge < -0.3 is 24.8 Å². The molecule has 1 unspecified atom stereocenters. The summed E-state index contributed by atoms with van der Waals surface area (Å²) < 4.78 is 4.09. The van der Waals surface area contributed by atoms with Crippen molar-refractivity contribution in [2.75, 3.05) is 0 Å². The molecule has 1 amide bonds. The predicted molar refractivity (Wildman–Crippen MR) is 89.4 cm³/mol. The quantitative estimate of drug-likeness (QED) is 0.377. The van der Waals surface area contributed by atoms with Gasteiger partial charge in [-0.1, -0.05) is 0 Å². The molecule has 1 aliphatic carbocycles. The molecular weight excluding hydrogens is 424 g/mol. The van der Waals surface area contributed by atoms with E-state index in [2.05, 4.69) is 59.7 Å². The van der Waals surface area contributed by atoms with E-state index >= 15 is 0 Å². The van der Waals surface area contributed by atoms with Gasteiger partial charge in [0.25, 0.3) is 0 Å². The molecule has 1 aromatic rings. The van der Waals surface area contributed by atoms with Crippen molar-refractivity contribution in [2.24, 2.45) is 0 Å². The molecule has 0 aromatic heterocycles. The van der Waals surface area contributed by atoms with Gasteiger partial charge in [-0.15, -0.1) is 0 Å². The third kappa shape index (κ3) is 6.49. The van der Waals surface area contributed by atoms with Crippen molar-refractivity contribution in [3.05, 3.63) is 41.5 Å². The summed E-state index contributed by atoms with van der Waals surface area (Å²) in [4.78, 5) is 12.2. The van der Waals surface area contributed by atoms with Crippen molar-refractivity contribution in [3.63, 3.8) is 0 Å². The van der Waals surface area contributed by atoms with Gasteiger partial charge in [0.05, 0.1) is 0 Å². The molecule has 0 saturated carbocycles. The average molecular weight is 451 g/mol. The zero-order chi connectivity index (χ0) is 15.2. The van der Waals surface area contributed by atoms with Crippen LogP contribution in [0, 0.1) is 0 Å². The first-order valence-corrected chi connectivity index (χ1v) is 17.9. The first kappa shape index (κ1) is 23.1. The molecule has 0 heterocycles. The Hall–Kier alpha value is 0.110. The van der Waals surface area contributed by atoms with Crippen LogP contribution in [-0.2, 0) is 26.0 Å². The van der Waals surface area contributed by atoms with Crippen LogP contribution in [0.4, 0.5) is 0 Å². The van der Waals surface area contributed by atoms with E-state index in [0.29, 0.717) is 9.53 Å². The standard InChI is InChI=1S/C9H7.C6H13NO.C2H7Si.2ClH.Zr/c1-2-5-9-7-3-6-8(9)4-1;1-2-3-4-5-6(7)8;1-3-2;;;/h1-7H;2-5H2,1H3,(H2,7,8);3H,1-2H3;2*1H;/q;;;;;+3/p-3. The third-order valence-corrected chi connectivity index (χ3v) is 21.7. The summed E-state index contributed by atoms with van der Waals surface area (Å²) in [6.07, 6.45) is 8.71. The molecule has 0 bridgehead atoms. The second kappa shape index (κ2) is 11.6. The largest absolute Gasteiger partial charge is 1.00 e. The predicted octanol–water partition coefficient (Wildman–Crippen LogP) is -2.02. The van der Waals surface area contributed by atoms with Crippen LogP contribution >= 0.6 is 0 Å². The van der Waals surface area contributed by atoms with Gasteiger partial charge in [0, 0.05) is 0 Å². The molecule has 0 radical (unpaired) electrons. The number of rotatable bonds is 7. The van der Waals surface area contributed by atoms with Crippen LogP contribution in [0.15, 0.2) is 30.3 Å². The Kier molecular flexibility index (Phi) is 11.7. The van der Waals surface area contributed by atoms with E-state index in [-0.39, 0.29) is 24.8 Å². The summed E-state index contributed by atoms with van der Waals surface area (Å²) in [6, 6.07) is 8.67. The van der Waals surface area contributed by atoms with E-state index in [0.717, 1.165) is 19.3 Å². The van der Waals surface area contributed by atoms with E-state index in [1.807, 2.05) is 0 Å². The number of carbonyl (C=O) groups excluding carboxylic acids is 1. The monoisotopic (exact) mass is 448 g/mol. The minimum Gasteiger partial charge on any atom is -1.00 e. The summed E-state index contributed by atoms with van der Waals surface area (Å²) in [5.41, 5.74) is 2.82. The number of halogens is 2. The van der Waals surface area contributed by atoms with Crippen molar-refractivity contribution >= 4 is 17.9 Å². The first-order valence-electron chi connectivity index (χ1n) is 8.07. The van der Waals surface area contributed by atoms with Crippen LogP contribution in [0.1, 0.15) is 47.4 Å². The Bertz CT molecular complexity index is 525. The van der Waals surface area contributed by atoms with Crippen LogP contribution in [-0.4, -0.2) is 11.8 Å². The third-order valence-electron chi connectivity index (χ3n) is 4.05. The van der Waals surface area contributed by atoms with Crippen molar-refractivity contribution in [3.8, 4) is 0 Å². The van der Waals surface area contributed by atoms with Gasteiger partial charge in [-0.3, -0.25) is 0 Å². The fraction of sp³-hybridized carbons (Fsp3) is 0.471. The molecule has 127 valence electrons. The summed E-state index contributed by atoms with van der Waals surface area (Å²) in [5, 5.41) is 0. The molecule has 1 N–H and O–H groups in total. The van der Waals surface area contributed by atoms with Gasteiger partial charge in [-0.05, 0) is 0 Å². The zero-order valence-corrected chi connectivity index (χ0v) is 19.2. The number of allylic oxidation sites excluding steroid dienone is 1. The van der Waals surface area contributed by atoms with Crippen LogP contribution in [0.3, 0.4) is 0 Å². The summed E-state index contributed by atoms with van der Waals surface area (Å²) in [7, 11) is 0.